The molecule has 1 aliphatic rings. The highest BCUT2D eigenvalue weighted by Gasteiger charge is 2.27. The van der Waals surface area contributed by atoms with Crippen LogP contribution < -0.4 is 26.1 Å². The van der Waals surface area contributed by atoms with Crippen molar-refractivity contribution >= 4 is 29.8 Å². The lowest BCUT2D eigenvalue weighted by Crippen LogP contribution is -2.34. The van der Waals surface area contributed by atoms with E-state index in [1.807, 2.05) is 38.4 Å². The molecule has 0 atom stereocenters. The Morgan fingerprint density at radius 3 is 1.89 bits per heavy atom. The number of hydrogen-bond acceptors (Lipinski definition) is 10. The number of nitrogens with zero attached hydrogens (tertiary/aromatic N) is 5. The molecule has 1 saturated heterocycles. The van der Waals surface area contributed by atoms with E-state index < -0.39 is 11.9 Å². The number of nitrogens with one attached hydrogen (secondary N) is 4. The van der Waals surface area contributed by atoms with Gasteiger partial charge in [-0.05, 0) is 42.9 Å². The lowest BCUT2D eigenvalue weighted by Gasteiger charge is -2.16. The molecule has 3 amide bonds. The summed E-state index contributed by atoms with van der Waals surface area (Å²) in [5, 5.41) is 9.69. The molecule has 0 spiro atoms. The molecule has 0 radical (unpaired) electrons. The average molecular weight is 492 g/mol. The number of methoxy groups -OCH3 is 1. The van der Waals surface area contributed by atoms with Crippen LogP contribution >= 0.6 is 0 Å². The van der Waals surface area contributed by atoms with Crippen molar-refractivity contribution in [1.82, 2.24) is 30.2 Å². The fraction of sp³-hybridized carbons (Fsp3) is 0.292. The highest BCUT2D eigenvalue weighted by molar-refractivity contribution is 6.02. The van der Waals surface area contributed by atoms with Gasteiger partial charge in [-0.1, -0.05) is 36.4 Å². The number of hydrogen-bond donors (Lipinski definition) is 4. The number of carbonyl (C=O) groups is 2. The topological polar surface area (TPSA) is 137 Å². The quantitative estimate of drug-likeness (QED) is 0.295. The third-order valence-corrected chi connectivity index (χ3v) is 5.25. The van der Waals surface area contributed by atoms with Crippen molar-refractivity contribution in [1.29, 1.82) is 0 Å². The number of hydrazine groups is 1. The van der Waals surface area contributed by atoms with Gasteiger partial charge in [0.25, 0.3) is 0 Å². The number of amides is 3. The second-order valence-electron chi connectivity index (χ2n) is 8.47. The molecule has 36 heavy (non-hydrogen) atoms. The van der Waals surface area contributed by atoms with Gasteiger partial charge in [-0.3, -0.25) is 15.5 Å². The number of benzene rings is 2. The van der Waals surface area contributed by atoms with Crippen molar-refractivity contribution in [2.45, 2.75) is 19.6 Å². The van der Waals surface area contributed by atoms with Crippen LogP contribution in [-0.2, 0) is 24.4 Å². The van der Waals surface area contributed by atoms with Crippen LogP contribution in [0.2, 0.25) is 0 Å². The normalized spacial score (nSPS) is 13.1. The standard InChI is InChI=1S/C24H29N9O3/c1-32(2)14-18-6-4-16(5-7-18)12-25-21-28-22(26-13-17-8-10-19(36-3)11-9-17)30-23(29-21)31-33-15-20(34)27-24(33)35/h4-11H,12-15H2,1-3H3,(H,27,34,35)(H3,25,26,28,29,30,31). The first-order valence-corrected chi connectivity index (χ1v) is 11.4. The molecule has 0 unspecified atom stereocenters. The van der Waals surface area contributed by atoms with E-state index in [-0.39, 0.29) is 12.5 Å². The number of carbonyl (C=O) groups excluding carboxylic acids is 2. The van der Waals surface area contributed by atoms with Crippen LogP contribution in [0, 0.1) is 0 Å². The van der Waals surface area contributed by atoms with Crippen LogP contribution in [0.4, 0.5) is 22.6 Å². The van der Waals surface area contributed by atoms with Crippen molar-refractivity contribution in [3.8, 4) is 5.75 Å². The molecule has 2 heterocycles. The SMILES string of the molecule is COc1ccc(CNc2nc(NCc3ccc(CN(C)C)cc3)nc(NN3CC(=O)NC3=O)n2)cc1. The summed E-state index contributed by atoms with van der Waals surface area (Å²) in [4.78, 5) is 38.8. The molecule has 3 aromatic rings. The molecule has 12 heteroatoms. The first kappa shape index (κ1) is 24.7. The van der Waals surface area contributed by atoms with Gasteiger partial charge in [0, 0.05) is 19.6 Å². The highest BCUT2D eigenvalue weighted by atomic mass is 16.5. The summed E-state index contributed by atoms with van der Waals surface area (Å²) in [6.07, 6.45) is 0. The summed E-state index contributed by atoms with van der Waals surface area (Å²) in [7, 11) is 5.68. The fourth-order valence-corrected chi connectivity index (χ4v) is 3.47. The Labute approximate surface area is 209 Å². The van der Waals surface area contributed by atoms with E-state index in [2.05, 4.69) is 65.5 Å². The van der Waals surface area contributed by atoms with Gasteiger partial charge in [-0.2, -0.15) is 15.0 Å². The maximum Gasteiger partial charge on any atom is 0.343 e. The van der Waals surface area contributed by atoms with Crippen LogP contribution in [0.3, 0.4) is 0 Å². The van der Waals surface area contributed by atoms with E-state index in [1.54, 1.807) is 7.11 Å². The minimum atomic E-state index is -0.569. The largest absolute Gasteiger partial charge is 0.497 e. The molecule has 2 aromatic carbocycles. The van der Waals surface area contributed by atoms with Gasteiger partial charge in [0.2, 0.25) is 23.8 Å². The Balaban J connectivity index is 1.47. The molecule has 12 nitrogen and oxygen atoms in total. The number of urea groups is 1. The summed E-state index contributed by atoms with van der Waals surface area (Å²) >= 11 is 0. The summed E-state index contributed by atoms with van der Waals surface area (Å²) in [5.41, 5.74) is 6.06. The van der Waals surface area contributed by atoms with E-state index >= 15 is 0 Å². The van der Waals surface area contributed by atoms with Gasteiger partial charge >= 0.3 is 6.03 Å². The van der Waals surface area contributed by atoms with Gasteiger partial charge in [-0.25, -0.2) is 9.80 Å². The zero-order valence-corrected chi connectivity index (χ0v) is 20.4. The van der Waals surface area contributed by atoms with Crippen molar-refractivity contribution < 1.29 is 14.3 Å². The van der Waals surface area contributed by atoms with Gasteiger partial charge in [0.1, 0.15) is 12.3 Å². The third kappa shape index (κ3) is 6.79. The number of ether oxygens (including phenoxy) is 1. The molecular formula is C24H29N9O3. The Kier molecular flexibility index (Phi) is 7.75. The molecule has 1 aromatic heterocycles. The molecule has 4 N–H and O–H groups in total. The van der Waals surface area contributed by atoms with Crippen molar-refractivity contribution in [2.24, 2.45) is 0 Å². The molecule has 1 aliphatic heterocycles. The van der Waals surface area contributed by atoms with Crippen LogP contribution in [-0.4, -0.2) is 64.5 Å². The molecule has 0 saturated carbocycles. The number of rotatable bonds is 11. The summed E-state index contributed by atoms with van der Waals surface area (Å²) < 4.78 is 5.20. The molecule has 0 bridgehead atoms. The van der Waals surface area contributed by atoms with Gasteiger partial charge < -0.3 is 20.3 Å². The number of imide groups is 1. The number of anilines is 3. The Morgan fingerprint density at radius 1 is 0.861 bits per heavy atom. The van der Waals surface area contributed by atoms with Gasteiger partial charge in [0.05, 0.1) is 7.11 Å². The molecular weight excluding hydrogens is 462 g/mol. The minimum Gasteiger partial charge on any atom is -0.497 e. The second kappa shape index (κ2) is 11.3. The highest BCUT2D eigenvalue weighted by Crippen LogP contribution is 2.16. The summed E-state index contributed by atoms with van der Waals surface area (Å²) in [5.74, 6) is 1.10. The van der Waals surface area contributed by atoms with E-state index in [0.29, 0.717) is 25.0 Å². The lowest BCUT2D eigenvalue weighted by atomic mass is 10.1. The molecule has 188 valence electrons. The van der Waals surface area contributed by atoms with E-state index in [0.717, 1.165) is 28.4 Å². The zero-order valence-electron chi connectivity index (χ0n) is 20.4. The van der Waals surface area contributed by atoms with Crippen molar-refractivity contribution in [3.63, 3.8) is 0 Å². The Morgan fingerprint density at radius 2 is 1.39 bits per heavy atom. The maximum atomic E-state index is 11.9. The van der Waals surface area contributed by atoms with Crippen LogP contribution in [0.1, 0.15) is 16.7 Å². The van der Waals surface area contributed by atoms with Crippen molar-refractivity contribution in [2.75, 3.05) is 43.8 Å². The average Bonchev–Trinajstić information content (AvgIpc) is 3.18. The van der Waals surface area contributed by atoms with Crippen LogP contribution in [0.15, 0.2) is 48.5 Å². The smallest absolute Gasteiger partial charge is 0.343 e. The van der Waals surface area contributed by atoms with E-state index in [4.69, 9.17) is 4.74 Å². The molecule has 1 fully saturated rings. The summed E-state index contributed by atoms with van der Waals surface area (Å²) in [6.45, 7) is 1.68. The molecule has 0 aliphatic carbocycles. The van der Waals surface area contributed by atoms with E-state index in [1.165, 1.54) is 5.56 Å². The third-order valence-electron chi connectivity index (χ3n) is 5.25. The maximum absolute atomic E-state index is 11.9. The Hall–Kier alpha value is -4.45. The minimum absolute atomic E-state index is 0.121. The second-order valence-corrected chi connectivity index (χ2v) is 8.47. The van der Waals surface area contributed by atoms with Crippen LogP contribution in [0.5, 0.6) is 5.75 Å². The zero-order chi connectivity index (χ0) is 25.5. The predicted octanol–water partition coefficient (Wildman–Crippen LogP) is 2.04. The predicted molar refractivity (Wildman–Crippen MR) is 135 cm³/mol. The number of aromatic nitrogens is 3. The first-order valence-electron chi connectivity index (χ1n) is 11.4. The molecule has 4 rings (SSSR count). The fourth-order valence-electron chi connectivity index (χ4n) is 3.47. The Bertz CT molecular complexity index is 1200. The van der Waals surface area contributed by atoms with E-state index in [9.17, 15) is 9.59 Å². The first-order chi connectivity index (χ1) is 17.4. The van der Waals surface area contributed by atoms with Crippen LogP contribution in [0.25, 0.3) is 0 Å². The lowest BCUT2D eigenvalue weighted by molar-refractivity contribution is -0.118. The van der Waals surface area contributed by atoms with Crippen molar-refractivity contribution in [3.05, 3.63) is 65.2 Å². The summed E-state index contributed by atoms with van der Waals surface area (Å²) in [6, 6.07) is 15.3. The monoisotopic (exact) mass is 491 g/mol. The van der Waals surface area contributed by atoms with Gasteiger partial charge in [-0.15, -0.1) is 0 Å². The van der Waals surface area contributed by atoms with Gasteiger partial charge in [0.15, 0.2) is 0 Å².